The lowest BCUT2D eigenvalue weighted by Crippen LogP contribution is -2.47. The molecule has 3 N–H and O–H groups in total. The van der Waals surface area contributed by atoms with Gasteiger partial charge in [0.1, 0.15) is 11.4 Å². The number of para-hydroxylation sites is 1. The molecule has 1 aliphatic heterocycles. The van der Waals surface area contributed by atoms with E-state index < -0.39 is 11.7 Å². The van der Waals surface area contributed by atoms with E-state index in [2.05, 4.69) is 25.2 Å². The average Bonchev–Trinajstić information content (AvgIpc) is 3.48. The normalized spacial score (nSPS) is 18.1. The van der Waals surface area contributed by atoms with Crippen molar-refractivity contribution < 1.29 is 19.7 Å². The second-order valence-electron chi connectivity index (χ2n) is 9.11. The molecule has 1 aliphatic carbocycles. The Labute approximate surface area is 177 Å². The monoisotopic (exact) mass is 410 g/mol. The molecule has 4 rings (SSSR count). The maximum absolute atomic E-state index is 12.7. The molecular weight excluding hydrogens is 380 g/mol. The molecule has 6 heteroatoms. The van der Waals surface area contributed by atoms with Gasteiger partial charge in [0.2, 0.25) is 0 Å². The maximum Gasteiger partial charge on any atom is 0.415 e. The number of aryl methyl sites for hydroxylation is 1. The lowest BCUT2D eigenvalue weighted by atomic mass is 9.97. The molecule has 1 spiro atoms. The summed E-state index contributed by atoms with van der Waals surface area (Å²) in [7, 11) is 0. The van der Waals surface area contributed by atoms with Gasteiger partial charge in [-0.1, -0.05) is 24.3 Å². The Hall–Kier alpha value is -2.57. The SMILES string of the molecule is Cc1cc(C(O)CNC(C)(C)CCN2C(=O)OC3(CC3)c3ccccc32)ccc1O. The summed E-state index contributed by atoms with van der Waals surface area (Å²) in [6, 6.07) is 13.1. The van der Waals surface area contributed by atoms with Gasteiger partial charge in [-0.05, 0) is 69.4 Å². The first-order valence-corrected chi connectivity index (χ1v) is 10.5. The first kappa shape index (κ1) is 20.7. The molecule has 1 fully saturated rings. The number of aliphatic hydroxyl groups excluding tert-OH is 1. The second kappa shape index (κ2) is 7.60. The van der Waals surface area contributed by atoms with Crippen LogP contribution in [0.2, 0.25) is 0 Å². The van der Waals surface area contributed by atoms with E-state index in [1.165, 1.54) is 0 Å². The molecule has 6 nitrogen and oxygen atoms in total. The zero-order chi connectivity index (χ0) is 21.5. The molecule has 1 saturated carbocycles. The molecule has 0 saturated heterocycles. The number of carbonyl (C=O) groups excluding carboxylic acids is 1. The number of hydrogen-bond acceptors (Lipinski definition) is 5. The van der Waals surface area contributed by atoms with E-state index in [-0.39, 0.29) is 17.4 Å². The summed E-state index contributed by atoms with van der Waals surface area (Å²) in [5.74, 6) is 0.223. The summed E-state index contributed by atoms with van der Waals surface area (Å²) in [5, 5.41) is 23.6. The molecule has 160 valence electrons. The number of carbonyl (C=O) groups is 1. The van der Waals surface area contributed by atoms with Crippen LogP contribution in [0.5, 0.6) is 5.75 Å². The Morgan fingerprint density at radius 3 is 2.67 bits per heavy atom. The van der Waals surface area contributed by atoms with E-state index >= 15 is 0 Å². The number of aliphatic hydroxyl groups is 1. The van der Waals surface area contributed by atoms with Crippen LogP contribution in [0.4, 0.5) is 10.5 Å². The highest BCUT2D eigenvalue weighted by molar-refractivity contribution is 5.92. The van der Waals surface area contributed by atoms with Crippen molar-refractivity contribution in [1.82, 2.24) is 5.32 Å². The highest BCUT2D eigenvalue weighted by Gasteiger charge is 2.54. The molecular formula is C24H30N2O4. The molecule has 2 aromatic carbocycles. The van der Waals surface area contributed by atoms with Crippen LogP contribution in [0.1, 0.15) is 55.9 Å². The maximum atomic E-state index is 12.7. The van der Waals surface area contributed by atoms with Gasteiger partial charge >= 0.3 is 6.09 Å². The molecule has 1 atom stereocenters. The molecule has 0 aromatic heterocycles. The van der Waals surface area contributed by atoms with E-state index in [1.54, 1.807) is 23.1 Å². The van der Waals surface area contributed by atoms with Gasteiger partial charge in [-0.25, -0.2) is 4.79 Å². The van der Waals surface area contributed by atoms with Gasteiger partial charge in [0, 0.05) is 24.2 Å². The van der Waals surface area contributed by atoms with Gasteiger partial charge in [-0.3, -0.25) is 4.90 Å². The third-order valence-electron chi connectivity index (χ3n) is 6.23. The van der Waals surface area contributed by atoms with Crippen LogP contribution in [-0.2, 0) is 10.3 Å². The Morgan fingerprint density at radius 1 is 1.23 bits per heavy atom. The van der Waals surface area contributed by atoms with Crippen molar-refractivity contribution in [2.75, 3.05) is 18.0 Å². The number of nitrogens with zero attached hydrogens (tertiary/aromatic N) is 1. The molecule has 1 heterocycles. The summed E-state index contributed by atoms with van der Waals surface area (Å²) >= 11 is 0. The van der Waals surface area contributed by atoms with E-state index in [4.69, 9.17) is 4.74 Å². The lowest BCUT2D eigenvalue weighted by Gasteiger charge is -2.36. The zero-order valence-corrected chi connectivity index (χ0v) is 17.8. The number of hydrogen-bond donors (Lipinski definition) is 3. The van der Waals surface area contributed by atoms with Gasteiger partial charge in [-0.2, -0.15) is 0 Å². The molecule has 30 heavy (non-hydrogen) atoms. The third-order valence-corrected chi connectivity index (χ3v) is 6.23. The van der Waals surface area contributed by atoms with Crippen LogP contribution in [0.15, 0.2) is 42.5 Å². The van der Waals surface area contributed by atoms with E-state index in [9.17, 15) is 15.0 Å². The zero-order valence-electron chi connectivity index (χ0n) is 17.8. The van der Waals surface area contributed by atoms with E-state index in [1.807, 2.05) is 25.1 Å². The number of amides is 1. The van der Waals surface area contributed by atoms with Crippen LogP contribution in [0.3, 0.4) is 0 Å². The van der Waals surface area contributed by atoms with Gasteiger partial charge in [0.05, 0.1) is 11.8 Å². The largest absolute Gasteiger partial charge is 0.508 e. The summed E-state index contributed by atoms with van der Waals surface area (Å²) in [5.41, 5.74) is 2.86. The van der Waals surface area contributed by atoms with E-state index in [0.29, 0.717) is 19.5 Å². The first-order chi connectivity index (χ1) is 14.2. The molecule has 1 amide bonds. The lowest BCUT2D eigenvalue weighted by molar-refractivity contribution is 0.0804. The van der Waals surface area contributed by atoms with Crippen molar-refractivity contribution in [1.29, 1.82) is 0 Å². The predicted octanol–water partition coefficient (Wildman–Crippen LogP) is 4.14. The van der Waals surface area contributed by atoms with Gasteiger partial charge in [0.15, 0.2) is 0 Å². The van der Waals surface area contributed by atoms with Crippen molar-refractivity contribution in [2.45, 2.75) is 57.3 Å². The average molecular weight is 411 g/mol. The third kappa shape index (κ3) is 4.02. The Morgan fingerprint density at radius 2 is 1.97 bits per heavy atom. The highest BCUT2D eigenvalue weighted by Crippen LogP contribution is 2.55. The summed E-state index contributed by atoms with van der Waals surface area (Å²) < 4.78 is 5.77. The predicted molar refractivity (Wildman–Crippen MR) is 116 cm³/mol. The number of anilines is 1. The fraction of sp³-hybridized carbons (Fsp3) is 0.458. The molecule has 1 unspecified atom stereocenters. The number of rotatable bonds is 7. The van der Waals surface area contributed by atoms with Crippen LogP contribution in [0.25, 0.3) is 0 Å². The fourth-order valence-electron chi connectivity index (χ4n) is 4.02. The van der Waals surface area contributed by atoms with Crippen molar-refractivity contribution in [3.8, 4) is 5.75 Å². The van der Waals surface area contributed by atoms with Crippen molar-refractivity contribution in [3.63, 3.8) is 0 Å². The summed E-state index contributed by atoms with van der Waals surface area (Å²) in [4.78, 5) is 14.4. The summed E-state index contributed by atoms with van der Waals surface area (Å²) in [6.45, 7) is 6.84. The van der Waals surface area contributed by atoms with Crippen molar-refractivity contribution in [2.24, 2.45) is 0 Å². The fourth-order valence-corrected chi connectivity index (χ4v) is 4.02. The van der Waals surface area contributed by atoms with Crippen molar-refractivity contribution >= 4 is 11.8 Å². The van der Waals surface area contributed by atoms with E-state index in [0.717, 1.165) is 35.2 Å². The Bertz CT molecular complexity index is 952. The van der Waals surface area contributed by atoms with Crippen LogP contribution in [-0.4, -0.2) is 34.9 Å². The number of phenols is 1. The van der Waals surface area contributed by atoms with Gasteiger partial charge < -0.3 is 20.3 Å². The number of benzene rings is 2. The number of aromatic hydroxyl groups is 1. The molecule has 0 radical (unpaired) electrons. The Kier molecular flexibility index (Phi) is 5.24. The number of nitrogens with one attached hydrogen (secondary N) is 1. The molecule has 2 aromatic rings. The number of β-amino-alcohol motifs (C(OH)–C–C–N with tert-alkyl or cyclic N) is 1. The molecule has 2 aliphatic rings. The topological polar surface area (TPSA) is 82.0 Å². The summed E-state index contributed by atoms with van der Waals surface area (Å²) in [6.07, 6.45) is 1.53. The van der Waals surface area contributed by atoms with Gasteiger partial charge in [0.25, 0.3) is 0 Å². The Balaban J connectivity index is 1.38. The smallest absolute Gasteiger partial charge is 0.415 e. The number of fused-ring (bicyclic) bond motifs is 2. The first-order valence-electron chi connectivity index (χ1n) is 10.5. The minimum absolute atomic E-state index is 0.223. The van der Waals surface area contributed by atoms with Crippen LogP contribution >= 0.6 is 0 Å². The standard InChI is InChI=1S/C24H30N2O4/c1-16-14-17(8-9-20(16)27)21(28)15-25-23(2,3)12-13-26-19-7-5-4-6-18(19)24(10-11-24)30-22(26)29/h4-9,14,21,25,27-28H,10-13,15H2,1-3H3. The minimum Gasteiger partial charge on any atom is -0.508 e. The van der Waals surface area contributed by atoms with Gasteiger partial charge in [-0.15, -0.1) is 0 Å². The molecule has 0 bridgehead atoms. The minimum atomic E-state index is -0.682. The van der Waals surface area contributed by atoms with Crippen molar-refractivity contribution in [3.05, 3.63) is 59.2 Å². The number of phenolic OH excluding ortho intramolecular Hbond substituents is 1. The quantitative estimate of drug-likeness (QED) is 0.639. The second-order valence-corrected chi connectivity index (χ2v) is 9.11. The van der Waals surface area contributed by atoms with Crippen LogP contribution < -0.4 is 10.2 Å². The highest BCUT2D eigenvalue weighted by atomic mass is 16.6. The number of ether oxygens (including phenoxy) is 1. The van der Waals surface area contributed by atoms with Crippen LogP contribution in [0, 0.1) is 6.92 Å².